The van der Waals surface area contributed by atoms with Crippen LogP contribution in [0.5, 0.6) is 0 Å². The van der Waals surface area contributed by atoms with E-state index in [4.69, 9.17) is 9.40 Å². The lowest BCUT2D eigenvalue weighted by Gasteiger charge is -2.10. The van der Waals surface area contributed by atoms with Gasteiger partial charge in [-0.2, -0.15) is 0 Å². The number of amides is 1. The fourth-order valence-corrected chi connectivity index (χ4v) is 4.71. The van der Waals surface area contributed by atoms with Gasteiger partial charge in [0.2, 0.25) is 0 Å². The van der Waals surface area contributed by atoms with Crippen molar-refractivity contribution in [3.8, 4) is 0 Å². The number of benzene rings is 2. The molecular weight excluding hydrogens is 444 g/mol. The predicted molar refractivity (Wildman–Crippen MR) is 134 cm³/mol. The van der Waals surface area contributed by atoms with Gasteiger partial charge in [-0.3, -0.25) is 9.36 Å². The Kier molecular flexibility index (Phi) is 6.44. The highest BCUT2D eigenvalue weighted by Gasteiger charge is 2.14. The third-order valence-electron chi connectivity index (χ3n) is 5.48. The molecule has 0 radical (unpaired) electrons. The molecule has 5 rings (SSSR count). The van der Waals surface area contributed by atoms with E-state index in [9.17, 15) is 4.79 Å². The third-order valence-corrected chi connectivity index (χ3v) is 6.53. The Labute approximate surface area is 202 Å². The molecule has 0 aliphatic carbocycles. The molecule has 0 spiro atoms. The van der Waals surface area contributed by atoms with Crippen LogP contribution in [0.25, 0.3) is 11.2 Å². The molecule has 0 atom stereocenters. The van der Waals surface area contributed by atoms with Crippen LogP contribution in [0, 0.1) is 6.92 Å². The number of nitrogens with zero attached hydrogens (tertiary/aromatic N) is 3. The number of fused-ring (bicyclic) bond motifs is 1. The lowest BCUT2D eigenvalue weighted by molar-refractivity contribution is 0.0948. The Morgan fingerprint density at radius 2 is 1.91 bits per heavy atom. The number of rotatable bonds is 8. The van der Waals surface area contributed by atoms with Crippen molar-refractivity contribution in [2.24, 2.45) is 0 Å². The SMILES string of the molecule is Cc1cccc(CSc2nc3cccnc3n2Cc2ccc(C(=O)NCc3ccco3)cc2)c1. The standard InChI is InChI=1S/C27H24N4O2S/c1-19-5-2-6-21(15-19)18-34-27-30-24-8-3-13-28-25(24)31(27)17-20-9-11-22(12-10-20)26(32)29-16-23-7-4-14-33-23/h2-15H,16-18H2,1H3,(H,29,32). The Balaban J connectivity index is 1.32. The molecule has 0 fully saturated rings. The molecular formula is C27H24N4O2S. The molecule has 2 aromatic carbocycles. The van der Waals surface area contributed by atoms with Gasteiger partial charge in [0.1, 0.15) is 11.3 Å². The summed E-state index contributed by atoms with van der Waals surface area (Å²) in [7, 11) is 0. The first-order valence-electron chi connectivity index (χ1n) is 11.0. The van der Waals surface area contributed by atoms with Gasteiger partial charge in [0.05, 0.1) is 19.4 Å². The summed E-state index contributed by atoms with van der Waals surface area (Å²) in [5.41, 5.74) is 5.93. The summed E-state index contributed by atoms with van der Waals surface area (Å²) < 4.78 is 7.41. The van der Waals surface area contributed by atoms with Crippen LogP contribution in [0.2, 0.25) is 0 Å². The molecule has 0 unspecified atom stereocenters. The van der Waals surface area contributed by atoms with E-state index in [1.807, 2.05) is 42.5 Å². The minimum Gasteiger partial charge on any atom is -0.467 e. The smallest absolute Gasteiger partial charge is 0.251 e. The molecule has 1 amide bonds. The van der Waals surface area contributed by atoms with Crippen molar-refractivity contribution in [2.45, 2.75) is 30.9 Å². The Hall–Kier alpha value is -3.84. The number of imidazole rings is 1. The van der Waals surface area contributed by atoms with Gasteiger partial charge in [-0.05, 0) is 54.4 Å². The number of carbonyl (C=O) groups is 1. The van der Waals surface area contributed by atoms with Gasteiger partial charge in [-0.25, -0.2) is 9.97 Å². The van der Waals surface area contributed by atoms with E-state index in [2.05, 4.69) is 46.1 Å². The highest BCUT2D eigenvalue weighted by Crippen LogP contribution is 2.27. The molecule has 0 aliphatic rings. The number of thioether (sulfide) groups is 1. The van der Waals surface area contributed by atoms with Crippen molar-refractivity contribution in [3.63, 3.8) is 0 Å². The molecule has 0 aliphatic heterocycles. The number of nitrogens with one attached hydrogen (secondary N) is 1. The van der Waals surface area contributed by atoms with Crippen LogP contribution in [0.1, 0.15) is 32.8 Å². The fourth-order valence-electron chi connectivity index (χ4n) is 3.77. The zero-order valence-electron chi connectivity index (χ0n) is 18.8. The number of aromatic nitrogens is 3. The summed E-state index contributed by atoms with van der Waals surface area (Å²) >= 11 is 1.71. The van der Waals surface area contributed by atoms with E-state index in [0.717, 1.165) is 33.4 Å². The first-order chi connectivity index (χ1) is 16.7. The van der Waals surface area contributed by atoms with E-state index in [1.54, 1.807) is 30.3 Å². The monoisotopic (exact) mass is 468 g/mol. The number of pyridine rings is 1. The predicted octanol–water partition coefficient (Wildman–Crippen LogP) is 5.60. The molecule has 0 saturated carbocycles. The largest absolute Gasteiger partial charge is 0.467 e. The molecule has 5 aromatic rings. The lowest BCUT2D eigenvalue weighted by Crippen LogP contribution is -2.22. The summed E-state index contributed by atoms with van der Waals surface area (Å²) in [6.45, 7) is 3.09. The van der Waals surface area contributed by atoms with Crippen molar-refractivity contribution in [2.75, 3.05) is 0 Å². The van der Waals surface area contributed by atoms with Crippen molar-refractivity contribution in [1.82, 2.24) is 19.9 Å². The Bertz CT molecular complexity index is 1410. The Morgan fingerprint density at radius 1 is 1.03 bits per heavy atom. The molecule has 0 saturated heterocycles. The van der Waals surface area contributed by atoms with Crippen LogP contribution in [0.3, 0.4) is 0 Å². The molecule has 6 nitrogen and oxygen atoms in total. The van der Waals surface area contributed by atoms with Gasteiger partial charge < -0.3 is 9.73 Å². The minimum absolute atomic E-state index is 0.132. The maximum atomic E-state index is 12.5. The Morgan fingerprint density at radius 3 is 2.71 bits per heavy atom. The van der Waals surface area contributed by atoms with Crippen molar-refractivity contribution in [1.29, 1.82) is 0 Å². The molecule has 3 aromatic heterocycles. The average molecular weight is 469 g/mol. The topological polar surface area (TPSA) is 73.0 Å². The minimum atomic E-state index is -0.132. The number of furan rings is 1. The van der Waals surface area contributed by atoms with Crippen LogP contribution in [0.4, 0.5) is 0 Å². The zero-order valence-corrected chi connectivity index (χ0v) is 19.6. The van der Waals surface area contributed by atoms with Crippen LogP contribution in [0.15, 0.2) is 94.8 Å². The second-order valence-corrected chi connectivity index (χ2v) is 9.01. The summed E-state index contributed by atoms with van der Waals surface area (Å²) in [6.07, 6.45) is 3.39. The quantitative estimate of drug-likeness (QED) is 0.300. The van der Waals surface area contributed by atoms with Crippen molar-refractivity contribution < 1.29 is 9.21 Å². The van der Waals surface area contributed by atoms with Crippen LogP contribution in [-0.4, -0.2) is 20.4 Å². The summed E-state index contributed by atoms with van der Waals surface area (Å²) in [5.74, 6) is 1.42. The second-order valence-electron chi connectivity index (χ2n) is 8.06. The number of carbonyl (C=O) groups excluding carboxylic acids is 1. The fraction of sp³-hybridized carbons (Fsp3) is 0.148. The molecule has 1 N–H and O–H groups in total. The molecule has 0 bridgehead atoms. The first-order valence-corrected chi connectivity index (χ1v) is 12.0. The first kappa shape index (κ1) is 22.0. The molecule has 170 valence electrons. The highest BCUT2D eigenvalue weighted by molar-refractivity contribution is 7.98. The maximum absolute atomic E-state index is 12.5. The van der Waals surface area contributed by atoms with Gasteiger partial charge in [0, 0.05) is 17.5 Å². The van der Waals surface area contributed by atoms with E-state index < -0.39 is 0 Å². The van der Waals surface area contributed by atoms with Crippen LogP contribution in [-0.2, 0) is 18.8 Å². The van der Waals surface area contributed by atoms with E-state index in [0.29, 0.717) is 18.7 Å². The number of aryl methyl sites for hydroxylation is 1. The van der Waals surface area contributed by atoms with Gasteiger partial charge >= 0.3 is 0 Å². The van der Waals surface area contributed by atoms with Crippen LogP contribution < -0.4 is 5.32 Å². The number of hydrogen-bond acceptors (Lipinski definition) is 5. The summed E-state index contributed by atoms with van der Waals surface area (Å²) in [6, 6.07) is 23.7. The van der Waals surface area contributed by atoms with Crippen LogP contribution >= 0.6 is 11.8 Å². The average Bonchev–Trinajstić information content (AvgIpc) is 3.50. The van der Waals surface area contributed by atoms with E-state index in [-0.39, 0.29) is 5.91 Å². The summed E-state index contributed by atoms with van der Waals surface area (Å²) in [4.78, 5) is 21.9. The molecule has 34 heavy (non-hydrogen) atoms. The third kappa shape index (κ3) is 5.05. The second kappa shape index (κ2) is 9.97. The van der Waals surface area contributed by atoms with Gasteiger partial charge in [0.25, 0.3) is 5.91 Å². The number of hydrogen-bond donors (Lipinski definition) is 1. The highest BCUT2D eigenvalue weighted by atomic mass is 32.2. The van der Waals surface area contributed by atoms with Gasteiger partial charge in [-0.1, -0.05) is 53.7 Å². The van der Waals surface area contributed by atoms with Gasteiger partial charge in [0.15, 0.2) is 10.8 Å². The zero-order chi connectivity index (χ0) is 23.3. The van der Waals surface area contributed by atoms with E-state index in [1.165, 1.54) is 11.1 Å². The normalized spacial score (nSPS) is 11.1. The van der Waals surface area contributed by atoms with Crippen molar-refractivity contribution in [3.05, 3.63) is 113 Å². The summed E-state index contributed by atoms with van der Waals surface area (Å²) in [5, 5.41) is 3.80. The van der Waals surface area contributed by atoms with Gasteiger partial charge in [-0.15, -0.1) is 0 Å². The van der Waals surface area contributed by atoms with E-state index >= 15 is 0 Å². The molecule has 3 heterocycles. The lowest BCUT2D eigenvalue weighted by atomic mass is 10.1. The molecule has 7 heteroatoms. The van der Waals surface area contributed by atoms with Crippen molar-refractivity contribution >= 4 is 28.8 Å². The maximum Gasteiger partial charge on any atom is 0.251 e.